The van der Waals surface area contributed by atoms with E-state index in [0.717, 1.165) is 50.5 Å². The van der Waals surface area contributed by atoms with Crippen LogP contribution in [0.5, 0.6) is 0 Å². The monoisotopic (exact) mass is 437 g/mol. The molecule has 0 atom stereocenters. The van der Waals surface area contributed by atoms with E-state index in [4.69, 9.17) is 0 Å². The van der Waals surface area contributed by atoms with Gasteiger partial charge in [-0.3, -0.25) is 0 Å². The topological polar surface area (TPSA) is 28.2 Å². The van der Waals surface area contributed by atoms with Crippen LogP contribution in [0.3, 0.4) is 0 Å². The molecule has 2 aliphatic heterocycles. The average molecular weight is 439 g/mol. The number of halogens is 2. The van der Waals surface area contributed by atoms with Crippen LogP contribution in [-0.4, -0.2) is 19.6 Å². The summed E-state index contributed by atoms with van der Waals surface area (Å²) in [5, 5.41) is 8.50. The fraction of sp³-hybridized carbons (Fsp3) is 0.800. The molecular weight excluding hydrogens is 403 g/mol. The molecule has 0 unspecified atom stereocenters. The van der Waals surface area contributed by atoms with Crippen LogP contribution in [0, 0.1) is 17.8 Å². The van der Waals surface area contributed by atoms with Gasteiger partial charge in [0.25, 0.3) is 0 Å². The molecule has 5 heteroatoms. The molecule has 1 saturated heterocycles. The molecule has 0 saturated carbocycles. The third-order valence-corrected chi connectivity index (χ3v) is 5.29. The molecule has 153 valence electrons. The summed E-state index contributed by atoms with van der Waals surface area (Å²) < 4.78 is 0. The van der Waals surface area contributed by atoms with Gasteiger partial charge in [0.1, 0.15) is 0 Å². The molecule has 0 aromatic heterocycles. The Morgan fingerprint density at radius 2 is 1.60 bits per heavy atom. The fourth-order valence-electron chi connectivity index (χ4n) is 3.69. The quantitative estimate of drug-likeness (QED) is 0.378. The fourth-order valence-corrected chi connectivity index (χ4v) is 3.69. The van der Waals surface area contributed by atoms with Gasteiger partial charge in [-0.05, 0) is 30.6 Å². The molecule has 0 spiro atoms. The van der Waals surface area contributed by atoms with E-state index in [1.807, 2.05) is 6.20 Å². The Hall–Kier alpha value is 0.339. The third-order valence-electron chi connectivity index (χ3n) is 5.29. The van der Waals surface area contributed by atoms with Crippen LogP contribution >= 0.6 is 20.2 Å². The molecule has 0 bridgehead atoms. The van der Waals surface area contributed by atoms with Crippen LogP contribution in [-0.2, 0) is 13.1 Å². The minimum absolute atomic E-state index is 0.752. The van der Waals surface area contributed by atoms with Crippen molar-refractivity contribution in [3.8, 4) is 0 Å². The van der Waals surface area contributed by atoms with Crippen LogP contribution in [0.1, 0.15) is 66.2 Å². The normalized spacial score (nSPS) is 17.4. The van der Waals surface area contributed by atoms with E-state index >= 15 is 0 Å². The zero-order chi connectivity index (χ0) is 18.9. The van der Waals surface area contributed by atoms with Crippen molar-refractivity contribution in [1.29, 1.82) is 0 Å². The molecule has 0 aliphatic carbocycles. The van der Waals surface area contributed by atoms with Crippen LogP contribution in [0.2, 0.25) is 0 Å². The molecule has 0 aromatic carbocycles. The van der Waals surface area contributed by atoms with Crippen molar-refractivity contribution in [2.24, 2.45) is 17.8 Å². The Bertz CT molecular complexity index is 348. The van der Waals surface area contributed by atoms with Gasteiger partial charge in [-0.1, -0.05) is 71.1 Å². The number of allylic oxidation sites excluding steroid dienone is 2. The first-order chi connectivity index (χ1) is 12.2. The second kappa shape index (κ2) is 17.7. The first-order valence-electron chi connectivity index (χ1n) is 9.65. The Labute approximate surface area is 171 Å². The summed E-state index contributed by atoms with van der Waals surface area (Å²) in [5.74, 6) is 2.72. The summed E-state index contributed by atoms with van der Waals surface area (Å²) in [6.07, 6.45) is 14.2. The number of nitrogens with zero attached hydrogens (tertiary/aromatic N) is 2. The van der Waals surface area contributed by atoms with Crippen LogP contribution in [0.25, 0.3) is 10.6 Å². The summed E-state index contributed by atoms with van der Waals surface area (Å²) in [6.45, 7) is 12.3. The van der Waals surface area contributed by atoms with E-state index in [0.29, 0.717) is 0 Å². The molecule has 2 aliphatic rings. The van der Waals surface area contributed by atoms with Crippen molar-refractivity contribution in [1.82, 2.24) is 0 Å². The minimum atomic E-state index is 0.752. The van der Waals surface area contributed by atoms with Crippen molar-refractivity contribution in [2.75, 3.05) is 19.6 Å². The van der Waals surface area contributed by atoms with Gasteiger partial charge in [-0.2, -0.15) is 6.20 Å². The van der Waals surface area contributed by atoms with Gasteiger partial charge in [0.15, 0.2) is 0 Å². The Morgan fingerprint density at radius 3 is 2.00 bits per heavy atom. The summed E-state index contributed by atoms with van der Waals surface area (Å²) in [5.41, 5.74) is 1.48. The standard InChI is InChI=1S/C10H20N.C10H16N.2ClH.Cu/c2*1-3-9(4-2)10-5-7-11-8-6-10;;;/h9-10H,3-8H2,1-2H3;5-7,9H,3-4,8H2,1-2H3;2*1H;/q2*-1;;;+2/p-2. The van der Waals surface area contributed by atoms with E-state index in [1.54, 1.807) is 0 Å². The van der Waals surface area contributed by atoms with Crippen molar-refractivity contribution >= 4 is 20.2 Å². The molecule has 0 amide bonds. The van der Waals surface area contributed by atoms with Crippen LogP contribution < -0.4 is 0 Å². The van der Waals surface area contributed by atoms with Gasteiger partial charge in [-0.25, -0.2) is 0 Å². The predicted octanol–water partition coefficient (Wildman–Crippen LogP) is 7.83. The maximum atomic E-state index is 4.67. The average Bonchev–Trinajstić information content (AvgIpc) is 2.67. The zero-order valence-corrected chi connectivity index (χ0v) is 18.7. The van der Waals surface area contributed by atoms with Crippen molar-refractivity contribution < 1.29 is 13.1 Å². The summed E-state index contributed by atoms with van der Waals surface area (Å²) in [7, 11) is 9.34. The number of hydrogen-bond donors (Lipinski definition) is 0. The number of piperidine rings is 1. The van der Waals surface area contributed by atoms with E-state index in [2.05, 4.69) is 70.7 Å². The van der Waals surface area contributed by atoms with Crippen LogP contribution in [0.4, 0.5) is 0 Å². The van der Waals surface area contributed by atoms with Gasteiger partial charge < -0.3 is 10.6 Å². The van der Waals surface area contributed by atoms with Crippen molar-refractivity contribution in [3.63, 3.8) is 0 Å². The van der Waals surface area contributed by atoms with E-state index < -0.39 is 0 Å². The Morgan fingerprint density at radius 1 is 1.04 bits per heavy atom. The summed E-state index contributed by atoms with van der Waals surface area (Å²) in [4.78, 5) is 0. The van der Waals surface area contributed by atoms with Gasteiger partial charge >= 0.3 is 33.3 Å². The predicted molar refractivity (Wildman–Crippen MR) is 111 cm³/mol. The molecular formula is C20H36Cl2CuN2-2. The Kier molecular flexibility index (Phi) is 18.0. The second-order valence-corrected chi connectivity index (χ2v) is 8.08. The summed E-state index contributed by atoms with van der Waals surface area (Å²) in [6, 6.07) is 0. The molecule has 2 heterocycles. The van der Waals surface area contributed by atoms with Crippen molar-refractivity contribution in [2.45, 2.75) is 66.2 Å². The molecule has 0 N–H and O–H groups in total. The zero-order valence-electron chi connectivity index (χ0n) is 16.3. The van der Waals surface area contributed by atoms with Crippen molar-refractivity contribution in [3.05, 3.63) is 34.6 Å². The summed E-state index contributed by atoms with van der Waals surface area (Å²) >= 11 is 0.757. The second-order valence-electron chi connectivity index (χ2n) is 6.53. The van der Waals surface area contributed by atoms with E-state index in [1.165, 1.54) is 44.1 Å². The first kappa shape index (κ1) is 25.3. The van der Waals surface area contributed by atoms with E-state index in [-0.39, 0.29) is 0 Å². The number of rotatable bonds is 6. The maximum absolute atomic E-state index is 4.67. The van der Waals surface area contributed by atoms with Gasteiger partial charge in [0.05, 0.1) is 0 Å². The number of hydrogen-bond acceptors (Lipinski definition) is 0. The Balaban J connectivity index is 0.000000399. The van der Waals surface area contributed by atoms with Gasteiger partial charge in [0, 0.05) is 0 Å². The molecule has 0 aromatic rings. The van der Waals surface area contributed by atoms with Crippen LogP contribution in [0.15, 0.2) is 23.9 Å². The van der Waals surface area contributed by atoms with Gasteiger partial charge in [0.2, 0.25) is 0 Å². The molecule has 0 radical (unpaired) electrons. The SMILES string of the molecule is CCC(CC)C1=CC[N-]C=C1.CCC(CC)C1CC[N-]CC1.[Cl][Cu][Cl]. The van der Waals surface area contributed by atoms with Gasteiger partial charge in [-0.15, -0.1) is 19.6 Å². The van der Waals surface area contributed by atoms with E-state index in [9.17, 15) is 0 Å². The third kappa shape index (κ3) is 11.6. The molecule has 2 rings (SSSR count). The molecule has 25 heavy (non-hydrogen) atoms. The first-order valence-corrected chi connectivity index (χ1v) is 12.2. The molecule has 1 fully saturated rings. The molecule has 2 nitrogen and oxygen atoms in total.